The maximum atomic E-state index is 6.00. The van der Waals surface area contributed by atoms with Crippen molar-refractivity contribution < 1.29 is 4.74 Å². The number of hydrogen-bond acceptors (Lipinski definition) is 2. The van der Waals surface area contributed by atoms with Gasteiger partial charge in [0.15, 0.2) is 0 Å². The van der Waals surface area contributed by atoms with Crippen molar-refractivity contribution in [3.8, 4) is 0 Å². The van der Waals surface area contributed by atoms with Crippen LogP contribution in [0.4, 0.5) is 0 Å². The van der Waals surface area contributed by atoms with Crippen molar-refractivity contribution in [2.24, 2.45) is 22.5 Å². The van der Waals surface area contributed by atoms with Gasteiger partial charge in [0, 0.05) is 17.4 Å². The van der Waals surface area contributed by atoms with Gasteiger partial charge in [-0.05, 0) is 25.2 Å². The molecule has 4 atom stereocenters. The van der Waals surface area contributed by atoms with Gasteiger partial charge in [-0.15, -0.1) is 0 Å². The zero-order valence-corrected chi connectivity index (χ0v) is 8.60. The molecule has 0 spiro atoms. The molecule has 3 rings (SSSR count). The van der Waals surface area contributed by atoms with Gasteiger partial charge in [0.2, 0.25) is 0 Å². The van der Waals surface area contributed by atoms with Crippen molar-refractivity contribution in [3.05, 3.63) is 0 Å². The van der Waals surface area contributed by atoms with Gasteiger partial charge < -0.3 is 10.5 Å². The van der Waals surface area contributed by atoms with Crippen LogP contribution in [0.3, 0.4) is 0 Å². The summed E-state index contributed by atoms with van der Waals surface area (Å²) >= 11 is 0. The molecule has 1 aliphatic heterocycles. The molecule has 1 heterocycles. The number of nitrogens with two attached hydrogens (primary N) is 1. The Morgan fingerprint density at radius 2 is 2.23 bits per heavy atom. The number of ether oxygens (including phenoxy) is 1. The molecule has 2 saturated carbocycles. The SMILES string of the molecule is C[C@]12CC[C@@H]3C[C@@]1(CN)OC[C@@]32C. The monoisotopic (exact) mass is 181 g/mol. The van der Waals surface area contributed by atoms with Gasteiger partial charge in [-0.2, -0.15) is 0 Å². The molecule has 0 radical (unpaired) electrons. The van der Waals surface area contributed by atoms with Gasteiger partial charge in [-0.3, -0.25) is 0 Å². The molecular weight excluding hydrogens is 162 g/mol. The first-order valence-electron chi connectivity index (χ1n) is 5.42. The summed E-state index contributed by atoms with van der Waals surface area (Å²) in [4.78, 5) is 0. The Bertz CT molecular complexity index is 267. The summed E-state index contributed by atoms with van der Waals surface area (Å²) in [5.41, 5.74) is 6.77. The van der Waals surface area contributed by atoms with Crippen LogP contribution in [0.2, 0.25) is 0 Å². The van der Waals surface area contributed by atoms with E-state index in [4.69, 9.17) is 10.5 Å². The van der Waals surface area contributed by atoms with E-state index in [1.165, 1.54) is 19.3 Å². The molecule has 13 heavy (non-hydrogen) atoms. The molecule has 3 aliphatic rings. The summed E-state index contributed by atoms with van der Waals surface area (Å²) in [5.74, 6) is 0.884. The Morgan fingerprint density at radius 1 is 1.46 bits per heavy atom. The van der Waals surface area contributed by atoms with E-state index in [2.05, 4.69) is 13.8 Å². The van der Waals surface area contributed by atoms with Gasteiger partial charge >= 0.3 is 0 Å². The largest absolute Gasteiger partial charge is 0.372 e. The van der Waals surface area contributed by atoms with Crippen molar-refractivity contribution >= 4 is 0 Å². The lowest BCUT2D eigenvalue weighted by atomic mass is 9.66. The predicted octanol–water partition coefficient (Wildman–Crippen LogP) is 1.54. The van der Waals surface area contributed by atoms with Crippen LogP contribution < -0.4 is 5.73 Å². The molecule has 2 heteroatoms. The van der Waals surface area contributed by atoms with Crippen LogP contribution in [0, 0.1) is 16.7 Å². The minimum atomic E-state index is 0.0463. The third-order valence-corrected chi connectivity index (χ3v) is 5.71. The van der Waals surface area contributed by atoms with Crippen molar-refractivity contribution in [2.75, 3.05) is 13.2 Å². The first kappa shape index (κ1) is 8.25. The summed E-state index contributed by atoms with van der Waals surface area (Å²) in [7, 11) is 0. The lowest BCUT2D eigenvalue weighted by molar-refractivity contribution is -0.0762. The predicted molar refractivity (Wildman–Crippen MR) is 51.3 cm³/mol. The second-order valence-electron chi connectivity index (χ2n) is 5.68. The van der Waals surface area contributed by atoms with Gasteiger partial charge in [-0.1, -0.05) is 13.8 Å². The van der Waals surface area contributed by atoms with Crippen molar-refractivity contribution in [1.29, 1.82) is 0 Å². The Labute approximate surface area is 79.8 Å². The van der Waals surface area contributed by atoms with E-state index in [9.17, 15) is 0 Å². The number of hydrogen-bond donors (Lipinski definition) is 1. The molecule has 4 bridgehead atoms. The molecule has 0 unspecified atom stereocenters. The lowest BCUT2D eigenvalue weighted by Crippen LogP contribution is -2.49. The van der Waals surface area contributed by atoms with Crippen LogP contribution in [0.15, 0.2) is 0 Å². The van der Waals surface area contributed by atoms with E-state index < -0.39 is 0 Å². The molecule has 0 aromatic heterocycles. The van der Waals surface area contributed by atoms with Crippen molar-refractivity contribution in [1.82, 2.24) is 0 Å². The zero-order valence-electron chi connectivity index (χ0n) is 8.60. The minimum absolute atomic E-state index is 0.0463. The highest BCUT2D eigenvalue weighted by Crippen LogP contribution is 2.74. The fourth-order valence-corrected chi connectivity index (χ4v) is 4.37. The fraction of sp³-hybridized carbons (Fsp3) is 1.00. The third-order valence-electron chi connectivity index (χ3n) is 5.71. The Hall–Kier alpha value is -0.0800. The van der Waals surface area contributed by atoms with Crippen LogP contribution in [0.5, 0.6) is 0 Å². The maximum Gasteiger partial charge on any atom is 0.0866 e. The summed E-state index contributed by atoms with van der Waals surface area (Å²) < 4.78 is 6.00. The fourth-order valence-electron chi connectivity index (χ4n) is 4.37. The Kier molecular flexibility index (Phi) is 1.24. The summed E-state index contributed by atoms with van der Waals surface area (Å²) in [5, 5.41) is 0. The smallest absolute Gasteiger partial charge is 0.0866 e. The maximum absolute atomic E-state index is 6.00. The van der Waals surface area contributed by atoms with E-state index in [1.807, 2.05) is 0 Å². The molecule has 1 saturated heterocycles. The molecule has 0 aromatic carbocycles. The molecule has 74 valence electrons. The zero-order chi connectivity index (χ0) is 9.32. The molecule has 2 aliphatic carbocycles. The molecule has 0 amide bonds. The highest BCUT2D eigenvalue weighted by atomic mass is 16.5. The molecular formula is C11H19NO. The normalized spacial score (nSPS) is 63.5. The van der Waals surface area contributed by atoms with Crippen LogP contribution in [0.25, 0.3) is 0 Å². The van der Waals surface area contributed by atoms with E-state index in [0.29, 0.717) is 10.8 Å². The average molecular weight is 181 g/mol. The second-order valence-corrected chi connectivity index (χ2v) is 5.68. The van der Waals surface area contributed by atoms with Gasteiger partial charge in [-0.25, -0.2) is 0 Å². The summed E-state index contributed by atoms with van der Waals surface area (Å²) in [6, 6.07) is 0. The Balaban J connectivity index is 2.14. The summed E-state index contributed by atoms with van der Waals surface area (Å²) in [6.07, 6.45) is 3.94. The van der Waals surface area contributed by atoms with Gasteiger partial charge in [0.1, 0.15) is 0 Å². The topological polar surface area (TPSA) is 35.2 Å². The quantitative estimate of drug-likeness (QED) is 0.666. The molecule has 0 aromatic rings. The van der Waals surface area contributed by atoms with E-state index in [0.717, 1.165) is 19.1 Å². The highest BCUT2D eigenvalue weighted by molar-refractivity contribution is 5.24. The first-order valence-corrected chi connectivity index (χ1v) is 5.42. The second kappa shape index (κ2) is 1.96. The van der Waals surface area contributed by atoms with Crippen LogP contribution in [0.1, 0.15) is 33.1 Å². The number of rotatable bonds is 1. The third kappa shape index (κ3) is 0.581. The van der Waals surface area contributed by atoms with Crippen LogP contribution >= 0.6 is 0 Å². The first-order chi connectivity index (χ1) is 6.08. The van der Waals surface area contributed by atoms with Crippen molar-refractivity contribution in [2.45, 2.75) is 38.7 Å². The van der Waals surface area contributed by atoms with Crippen LogP contribution in [-0.4, -0.2) is 18.8 Å². The molecule has 2 nitrogen and oxygen atoms in total. The van der Waals surface area contributed by atoms with E-state index in [-0.39, 0.29) is 5.60 Å². The minimum Gasteiger partial charge on any atom is -0.372 e. The van der Waals surface area contributed by atoms with Crippen molar-refractivity contribution in [3.63, 3.8) is 0 Å². The molecule has 3 fully saturated rings. The molecule has 2 N–H and O–H groups in total. The van der Waals surface area contributed by atoms with Gasteiger partial charge in [0.25, 0.3) is 0 Å². The highest BCUT2D eigenvalue weighted by Gasteiger charge is 2.75. The Morgan fingerprint density at radius 3 is 2.69 bits per heavy atom. The average Bonchev–Trinajstić information content (AvgIpc) is 2.58. The summed E-state index contributed by atoms with van der Waals surface area (Å²) in [6.45, 7) is 6.48. The lowest BCUT2D eigenvalue weighted by Gasteiger charge is -2.40. The van der Waals surface area contributed by atoms with Gasteiger partial charge in [0.05, 0.1) is 12.2 Å². The van der Waals surface area contributed by atoms with Crippen LogP contribution in [-0.2, 0) is 4.74 Å². The van der Waals surface area contributed by atoms with E-state index in [1.54, 1.807) is 0 Å². The van der Waals surface area contributed by atoms with E-state index >= 15 is 0 Å². The standard InChI is InChI=1S/C11H19NO/c1-9-7-13-11(6-12)5-8(9)3-4-10(9,11)2/h8H,3-7,12H2,1-2H3/t8-,9+,10-,11+/m1/s1.